The average molecular weight is 572 g/mol. The summed E-state index contributed by atoms with van der Waals surface area (Å²) >= 11 is 5.95. The fraction of sp³-hybridized carbons (Fsp3) is 0.533. The zero-order valence-electron chi connectivity index (χ0n) is 23.4. The number of halogens is 2. The third-order valence-electron chi connectivity index (χ3n) is 8.08. The first-order valence-corrected chi connectivity index (χ1v) is 14.5. The normalized spacial score (nSPS) is 21.4. The van der Waals surface area contributed by atoms with Gasteiger partial charge in [-0.3, -0.25) is 9.59 Å². The minimum Gasteiger partial charge on any atom is -0.362 e. The van der Waals surface area contributed by atoms with Gasteiger partial charge in [0.05, 0.1) is 24.3 Å². The molecule has 0 radical (unpaired) electrons. The topological polar surface area (TPSA) is 85.9 Å². The standard InChI is InChI=1S/C30H39ClFN5O3/c1-30(2,3)27(35-21-8-10-33-11-9-21)29(39)36-12-13-37-22(16-36)17-40-18-34-26-7-4-19(14-24(26)28(37)38)23-6-5-20(31)15-25(23)32/h4-7,14-15,21-22,27,33-35H,8-13,16-18H2,1-3H3. The fourth-order valence-corrected chi connectivity index (χ4v) is 5.97. The number of piperazine rings is 1. The molecule has 3 heterocycles. The molecule has 0 aromatic heterocycles. The molecule has 8 nitrogen and oxygen atoms in total. The first-order chi connectivity index (χ1) is 19.1. The van der Waals surface area contributed by atoms with Gasteiger partial charge in [-0.05, 0) is 67.2 Å². The van der Waals surface area contributed by atoms with Gasteiger partial charge in [-0.1, -0.05) is 38.4 Å². The van der Waals surface area contributed by atoms with E-state index in [4.69, 9.17) is 16.3 Å². The largest absolute Gasteiger partial charge is 0.362 e. The Kier molecular flexibility index (Phi) is 8.66. The summed E-state index contributed by atoms with van der Waals surface area (Å²) in [5.74, 6) is -0.547. The van der Waals surface area contributed by atoms with E-state index in [0.29, 0.717) is 59.7 Å². The molecule has 5 rings (SSSR count). The number of carbonyl (C=O) groups excluding carboxylic acids is 2. The van der Waals surface area contributed by atoms with Crippen LogP contribution in [-0.4, -0.2) is 85.8 Å². The van der Waals surface area contributed by atoms with E-state index in [9.17, 15) is 14.0 Å². The van der Waals surface area contributed by atoms with Gasteiger partial charge in [0.25, 0.3) is 5.91 Å². The van der Waals surface area contributed by atoms with Crippen molar-refractivity contribution in [3.8, 4) is 11.1 Å². The highest BCUT2D eigenvalue weighted by Crippen LogP contribution is 2.31. The number of piperidine rings is 1. The van der Waals surface area contributed by atoms with Crippen molar-refractivity contribution in [2.24, 2.45) is 5.41 Å². The van der Waals surface area contributed by atoms with Gasteiger partial charge in [0.1, 0.15) is 12.5 Å². The Morgan fingerprint density at radius 3 is 2.62 bits per heavy atom. The summed E-state index contributed by atoms with van der Waals surface area (Å²) < 4.78 is 20.6. The molecule has 40 heavy (non-hydrogen) atoms. The number of amides is 2. The highest BCUT2D eigenvalue weighted by atomic mass is 35.5. The van der Waals surface area contributed by atoms with Crippen molar-refractivity contribution < 1.29 is 18.7 Å². The van der Waals surface area contributed by atoms with E-state index in [2.05, 4.69) is 36.7 Å². The molecule has 2 aromatic carbocycles. The maximum atomic E-state index is 14.7. The molecular formula is C30H39ClFN5O3. The van der Waals surface area contributed by atoms with E-state index in [1.807, 2.05) is 4.90 Å². The zero-order valence-corrected chi connectivity index (χ0v) is 24.2. The average Bonchev–Trinajstić information content (AvgIpc) is 2.99. The van der Waals surface area contributed by atoms with Crippen molar-refractivity contribution in [3.63, 3.8) is 0 Å². The number of rotatable bonds is 4. The molecule has 2 saturated heterocycles. The lowest BCUT2D eigenvalue weighted by atomic mass is 9.84. The molecule has 0 bridgehead atoms. The van der Waals surface area contributed by atoms with Crippen LogP contribution in [-0.2, 0) is 9.53 Å². The lowest BCUT2D eigenvalue weighted by Crippen LogP contribution is -2.63. The van der Waals surface area contributed by atoms with Crippen molar-refractivity contribution in [2.75, 3.05) is 51.4 Å². The van der Waals surface area contributed by atoms with Crippen LogP contribution in [0.15, 0.2) is 36.4 Å². The Bertz CT molecular complexity index is 1250. The summed E-state index contributed by atoms with van der Waals surface area (Å²) in [4.78, 5) is 31.5. The van der Waals surface area contributed by atoms with E-state index in [1.165, 1.54) is 6.07 Å². The lowest BCUT2D eigenvalue weighted by molar-refractivity contribution is -0.139. The number of anilines is 1. The number of fused-ring (bicyclic) bond motifs is 2. The van der Waals surface area contributed by atoms with E-state index in [1.54, 1.807) is 35.2 Å². The van der Waals surface area contributed by atoms with Gasteiger partial charge < -0.3 is 30.5 Å². The summed E-state index contributed by atoms with van der Waals surface area (Å²) in [5, 5.41) is 10.5. The SMILES string of the molecule is CC(C)(C)C(NC1CCNCC1)C(=O)N1CCN2C(=O)c3cc(-c4ccc(Cl)cc4F)ccc3NCOCC2C1. The van der Waals surface area contributed by atoms with Gasteiger partial charge in [-0.25, -0.2) is 4.39 Å². The molecule has 2 atom stereocenters. The Labute approximate surface area is 240 Å². The predicted octanol–water partition coefficient (Wildman–Crippen LogP) is 3.96. The molecule has 0 saturated carbocycles. The van der Waals surface area contributed by atoms with Gasteiger partial charge >= 0.3 is 0 Å². The van der Waals surface area contributed by atoms with E-state index >= 15 is 0 Å². The summed E-state index contributed by atoms with van der Waals surface area (Å²) in [6.45, 7) is 9.92. The molecular weight excluding hydrogens is 533 g/mol. The van der Waals surface area contributed by atoms with Crippen LogP contribution in [0.4, 0.5) is 10.1 Å². The summed E-state index contributed by atoms with van der Waals surface area (Å²) in [5.41, 5.74) is 1.77. The number of benzene rings is 2. The van der Waals surface area contributed by atoms with Gasteiger partial charge in [0.15, 0.2) is 0 Å². The van der Waals surface area contributed by atoms with Gasteiger partial charge in [-0.2, -0.15) is 0 Å². The van der Waals surface area contributed by atoms with Crippen LogP contribution in [0.3, 0.4) is 0 Å². The maximum Gasteiger partial charge on any atom is 0.256 e. The molecule has 2 unspecified atom stereocenters. The number of hydrogen-bond donors (Lipinski definition) is 3. The Morgan fingerprint density at radius 2 is 1.90 bits per heavy atom. The number of nitrogens with one attached hydrogen (secondary N) is 3. The highest BCUT2D eigenvalue weighted by Gasteiger charge is 2.40. The number of hydrogen-bond acceptors (Lipinski definition) is 6. The minimum atomic E-state index is -0.448. The lowest BCUT2D eigenvalue weighted by Gasteiger charge is -2.44. The summed E-state index contributed by atoms with van der Waals surface area (Å²) in [6.07, 6.45) is 1.99. The van der Waals surface area contributed by atoms with Crippen molar-refractivity contribution in [2.45, 2.75) is 51.7 Å². The smallest absolute Gasteiger partial charge is 0.256 e. The molecule has 10 heteroatoms. The first-order valence-electron chi connectivity index (χ1n) is 14.1. The molecule has 2 aromatic rings. The molecule has 2 amide bonds. The quantitative estimate of drug-likeness (QED) is 0.515. The molecule has 3 N–H and O–H groups in total. The summed E-state index contributed by atoms with van der Waals surface area (Å²) in [7, 11) is 0. The minimum absolute atomic E-state index is 0.0667. The van der Waals surface area contributed by atoms with Gasteiger partial charge in [0.2, 0.25) is 5.91 Å². The van der Waals surface area contributed by atoms with Crippen molar-refractivity contribution in [1.82, 2.24) is 20.4 Å². The molecule has 3 aliphatic rings. The Balaban J connectivity index is 1.36. The highest BCUT2D eigenvalue weighted by molar-refractivity contribution is 6.30. The van der Waals surface area contributed by atoms with Crippen LogP contribution in [0.2, 0.25) is 5.02 Å². The molecule has 3 aliphatic heterocycles. The van der Waals surface area contributed by atoms with Crippen LogP contribution in [0, 0.1) is 11.2 Å². The van der Waals surface area contributed by atoms with Crippen molar-refractivity contribution in [3.05, 3.63) is 52.8 Å². The monoisotopic (exact) mass is 571 g/mol. The van der Waals surface area contributed by atoms with Crippen molar-refractivity contribution >= 4 is 29.1 Å². The van der Waals surface area contributed by atoms with Gasteiger partial charge in [0, 0.05) is 41.9 Å². The third kappa shape index (κ3) is 6.28. The second-order valence-electron chi connectivity index (χ2n) is 12.0. The molecule has 2 fully saturated rings. The van der Waals surface area contributed by atoms with Crippen LogP contribution in [0.25, 0.3) is 11.1 Å². The van der Waals surface area contributed by atoms with E-state index < -0.39 is 5.82 Å². The third-order valence-corrected chi connectivity index (χ3v) is 8.31. The van der Waals surface area contributed by atoms with E-state index in [0.717, 1.165) is 25.9 Å². The Hall–Kier alpha value is -2.72. The van der Waals surface area contributed by atoms with Crippen LogP contribution < -0.4 is 16.0 Å². The van der Waals surface area contributed by atoms with Crippen molar-refractivity contribution in [1.29, 1.82) is 0 Å². The van der Waals surface area contributed by atoms with Crippen LogP contribution >= 0.6 is 11.6 Å². The molecule has 0 aliphatic carbocycles. The first kappa shape index (κ1) is 28.8. The number of carbonyl (C=O) groups is 2. The number of ether oxygens (including phenoxy) is 1. The summed E-state index contributed by atoms with van der Waals surface area (Å²) in [6, 6.07) is 9.47. The second-order valence-corrected chi connectivity index (χ2v) is 12.4. The zero-order chi connectivity index (χ0) is 28.4. The van der Waals surface area contributed by atoms with Crippen LogP contribution in [0.5, 0.6) is 0 Å². The Morgan fingerprint density at radius 1 is 1.12 bits per heavy atom. The number of nitrogens with zero attached hydrogens (tertiary/aromatic N) is 2. The molecule has 0 spiro atoms. The maximum absolute atomic E-state index is 14.7. The fourth-order valence-electron chi connectivity index (χ4n) is 5.81. The predicted molar refractivity (Wildman–Crippen MR) is 155 cm³/mol. The van der Waals surface area contributed by atoms with Crippen LogP contribution in [0.1, 0.15) is 44.0 Å². The van der Waals surface area contributed by atoms with Gasteiger partial charge in [-0.15, -0.1) is 0 Å². The van der Waals surface area contributed by atoms with E-state index in [-0.39, 0.29) is 36.0 Å². The molecule has 216 valence electrons. The second kappa shape index (κ2) is 12.0.